The molecule has 2 rings (SSSR count). The highest BCUT2D eigenvalue weighted by Crippen LogP contribution is 2.21. The van der Waals surface area contributed by atoms with Gasteiger partial charge in [-0.15, -0.1) is 58.8 Å². The number of rotatable bonds is 18. The van der Waals surface area contributed by atoms with Crippen LogP contribution in [-0.4, -0.2) is 62.8 Å². The largest absolute Gasteiger partial charge is 0.369 e. The van der Waals surface area contributed by atoms with E-state index in [-0.39, 0.29) is 12.4 Å². The molecule has 0 saturated heterocycles. The topological polar surface area (TPSA) is 30.5 Å². The van der Waals surface area contributed by atoms with Crippen LogP contribution < -0.4 is 20.4 Å². The first-order valence-corrected chi connectivity index (χ1v) is 14.5. The van der Waals surface area contributed by atoms with Crippen molar-refractivity contribution >= 4 is 70.2 Å². The zero-order chi connectivity index (χ0) is 25.5. The van der Waals surface area contributed by atoms with Crippen molar-refractivity contribution in [1.29, 1.82) is 0 Å². The molecule has 0 atom stereocenters. The van der Waals surface area contributed by atoms with E-state index >= 15 is 0 Å². The first-order valence-electron chi connectivity index (χ1n) is 12.4. The van der Waals surface area contributed by atoms with Crippen LogP contribution in [0.1, 0.15) is 28.7 Å². The highest BCUT2D eigenvalue weighted by Gasteiger charge is 2.09. The zero-order valence-corrected chi connectivity index (χ0v) is 25.3. The second-order valence-electron chi connectivity index (χ2n) is 8.66. The Hall–Kier alpha value is -0.590. The van der Waals surface area contributed by atoms with E-state index in [1.165, 1.54) is 33.6 Å². The number of anilines is 2. The van der Waals surface area contributed by atoms with E-state index in [0.29, 0.717) is 23.5 Å². The number of nitrogens with zero attached hydrogens (tertiary/aromatic N) is 2. The van der Waals surface area contributed by atoms with Gasteiger partial charge in [0, 0.05) is 74.2 Å². The minimum Gasteiger partial charge on any atom is -0.369 e. The molecule has 0 bridgehead atoms. The molecule has 0 amide bonds. The molecular formula is C27H41Cl5N4. The van der Waals surface area contributed by atoms with E-state index in [2.05, 4.69) is 70.7 Å². The summed E-state index contributed by atoms with van der Waals surface area (Å²) in [6.07, 6.45) is 1.08. The van der Waals surface area contributed by atoms with Crippen molar-refractivity contribution in [2.45, 2.75) is 33.4 Å². The first-order chi connectivity index (χ1) is 17.0. The summed E-state index contributed by atoms with van der Waals surface area (Å²) in [6, 6.07) is 13.2. The molecular weight excluding hydrogens is 558 g/mol. The molecule has 0 spiro atoms. The van der Waals surface area contributed by atoms with Crippen molar-refractivity contribution in [1.82, 2.24) is 10.6 Å². The van der Waals surface area contributed by atoms with Crippen LogP contribution in [0.5, 0.6) is 0 Å². The minimum absolute atomic E-state index is 0. The second kappa shape index (κ2) is 19.5. The highest BCUT2D eigenvalue weighted by molar-refractivity contribution is 6.19. The molecule has 2 aromatic carbocycles. The maximum Gasteiger partial charge on any atom is 0.0399 e. The molecule has 4 nitrogen and oxygen atoms in total. The van der Waals surface area contributed by atoms with Crippen LogP contribution in [0.15, 0.2) is 36.4 Å². The molecule has 0 fully saturated rings. The van der Waals surface area contributed by atoms with Gasteiger partial charge in [-0.3, -0.25) is 0 Å². The van der Waals surface area contributed by atoms with Gasteiger partial charge in [-0.25, -0.2) is 0 Å². The first kappa shape index (κ1) is 33.4. The monoisotopic (exact) mass is 596 g/mol. The van der Waals surface area contributed by atoms with E-state index in [9.17, 15) is 0 Å². The summed E-state index contributed by atoms with van der Waals surface area (Å²) >= 11 is 23.8. The maximum absolute atomic E-state index is 5.95. The molecule has 0 unspecified atom stereocenters. The van der Waals surface area contributed by atoms with Crippen LogP contribution in [0.25, 0.3) is 0 Å². The number of nitrogens with one attached hydrogen (secondary N) is 2. The Bertz CT molecular complexity index is 787. The number of hydrogen-bond donors (Lipinski definition) is 2. The molecule has 36 heavy (non-hydrogen) atoms. The molecule has 0 radical (unpaired) electrons. The summed E-state index contributed by atoms with van der Waals surface area (Å²) in [5.74, 6) is 2.39. The predicted octanol–water partition coefficient (Wildman–Crippen LogP) is 6.56. The van der Waals surface area contributed by atoms with Gasteiger partial charge in [0.05, 0.1) is 0 Å². The normalized spacial score (nSPS) is 10.8. The zero-order valence-electron chi connectivity index (χ0n) is 21.5. The molecule has 9 heteroatoms. The van der Waals surface area contributed by atoms with Crippen molar-refractivity contribution in [3.8, 4) is 0 Å². The molecule has 2 N–H and O–H groups in total. The minimum atomic E-state index is 0. The van der Waals surface area contributed by atoms with Gasteiger partial charge in [-0.1, -0.05) is 12.1 Å². The van der Waals surface area contributed by atoms with Crippen molar-refractivity contribution in [2.75, 3.05) is 72.6 Å². The summed E-state index contributed by atoms with van der Waals surface area (Å²) in [5, 5.41) is 7.14. The molecule has 2 aromatic rings. The Morgan fingerprint density at radius 2 is 0.972 bits per heavy atom. The van der Waals surface area contributed by atoms with Crippen LogP contribution in [0.3, 0.4) is 0 Å². The predicted molar refractivity (Wildman–Crippen MR) is 165 cm³/mol. The van der Waals surface area contributed by atoms with Crippen molar-refractivity contribution in [3.05, 3.63) is 58.7 Å². The summed E-state index contributed by atoms with van der Waals surface area (Å²) < 4.78 is 0. The standard InChI is InChI=1S/C27H40Cl4N4.ClH/c1-22-18-26(34(14-8-28)15-9-29)6-4-24(22)20-32-12-3-13-33-21-25-5-7-27(19-23(25)2)35(16-10-30)17-11-31;/h4-7,18-19,32-33H,3,8-17,20-21H2,1-2H3;1H. The summed E-state index contributed by atoms with van der Waals surface area (Å²) in [7, 11) is 0. The fourth-order valence-corrected chi connectivity index (χ4v) is 4.90. The number of hydrogen-bond acceptors (Lipinski definition) is 4. The van der Waals surface area contributed by atoms with Crippen LogP contribution in [0, 0.1) is 13.8 Å². The number of alkyl halides is 4. The smallest absolute Gasteiger partial charge is 0.0399 e. The average Bonchev–Trinajstić information content (AvgIpc) is 2.84. The van der Waals surface area contributed by atoms with Gasteiger partial charge < -0.3 is 20.4 Å². The lowest BCUT2D eigenvalue weighted by Crippen LogP contribution is -2.28. The van der Waals surface area contributed by atoms with Gasteiger partial charge in [-0.05, 0) is 79.9 Å². The summed E-state index contributed by atoms with van der Waals surface area (Å²) in [6.45, 7) is 11.3. The quantitative estimate of drug-likeness (QED) is 0.150. The Morgan fingerprint density at radius 1 is 0.611 bits per heavy atom. The van der Waals surface area contributed by atoms with Crippen molar-refractivity contribution < 1.29 is 0 Å². The molecule has 0 aliphatic carbocycles. The van der Waals surface area contributed by atoms with Crippen LogP contribution in [0.4, 0.5) is 11.4 Å². The van der Waals surface area contributed by atoms with Gasteiger partial charge in [0.1, 0.15) is 0 Å². The third-order valence-corrected chi connectivity index (χ3v) is 6.81. The Labute approximate surface area is 244 Å². The average molecular weight is 599 g/mol. The summed E-state index contributed by atoms with van der Waals surface area (Å²) in [5.41, 5.74) is 7.60. The van der Waals surface area contributed by atoms with Gasteiger partial charge in [0.2, 0.25) is 0 Å². The maximum atomic E-state index is 5.95. The van der Waals surface area contributed by atoms with Crippen LogP contribution in [0.2, 0.25) is 0 Å². The fraction of sp³-hybridized carbons (Fsp3) is 0.556. The lowest BCUT2D eigenvalue weighted by atomic mass is 10.1. The van der Waals surface area contributed by atoms with E-state index < -0.39 is 0 Å². The van der Waals surface area contributed by atoms with Gasteiger partial charge in [0.25, 0.3) is 0 Å². The second-order valence-corrected chi connectivity index (χ2v) is 10.2. The van der Waals surface area contributed by atoms with Crippen LogP contribution >= 0.6 is 58.8 Å². The van der Waals surface area contributed by atoms with E-state index in [0.717, 1.165) is 58.8 Å². The van der Waals surface area contributed by atoms with Crippen molar-refractivity contribution in [3.63, 3.8) is 0 Å². The number of halogens is 5. The third kappa shape index (κ3) is 11.4. The highest BCUT2D eigenvalue weighted by atomic mass is 35.5. The fourth-order valence-electron chi connectivity index (χ4n) is 4.08. The lowest BCUT2D eigenvalue weighted by Gasteiger charge is -2.24. The molecule has 0 aliphatic rings. The molecule has 0 aromatic heterocycles. The van der Waals surface area contributed by atoms with E-state index in [1.807, 2.05) is 0 Å². The molecule has 204 valence electrons. The summed E-state index contributed by atoms with van der Waals surface area (Å²) in [4.78, 5) is 4.47. The molecule has 0 aliphatic heterocycles. The number of aryl methyl sites for hydroxylation is 2. The SMILES string of the molecule is Cc1cc(N(CCCl)CCCl)ccc1CNCCCNCc1ccc(N(CCCl)CCCl)cc1C.Cl. The van der Waals surface area contributed by atoms with E-state index in [4.69, 9.17) is 46.4 Å². The van der Waals surface area contributed by atoms with Gasteiger partial charge in [0.15, 0.2) is 0 Å². The number of benzene rings is 2. The van der Waals surface area contributed by atoms with Crippen molar-refractivity contribution in [2.24, 2.45) is 0 Å². The van der Waals surface area contributed by atoms with E-state index in [1.54, 1.807) is 0 Å². The Kier molecular flexibility index (Phi) is 18.1. The Morgan fingerprint density at radius 3 is 1.28 bits per heavy atom. The lowest BCUT2D eigenvalue weighted by molar-refractivity contribution is 0.593. The molecule has 0 saturated carbocycles. The Balaban J connectivity index is 0.00000648. The van der Waals surface area contributed by atoms with Gasteiger partial charge in [-0.2, -0.15) is 0 Å². The van der Waals surface area contributed by atoms with Crippen LogP contribution in [-0.2, 0) is 13.1 Å². The van der Waals surface area contributed by atoms with Gasteiger partial charge >= 0.3 is 0 Å². The third-order valence-electron chi connectivity index (χ3n) is 6.14. The molecule has 0 heterocycles.